The van der Waals surface area contributed by atoms with Gasteiger partial charge in [-0.1, -0.05) is 42.1 Å². The van der Waals surface area contributed by atoms with Crippen molar-refractivity contribution in [1.29, 1.82) is 0 Å². The van der Waals surface area contributed by atoms with Crippen molar-refractivity contribution in [2.75, 3.05) is 12.4 Å². The van der Waals surface area contributed by atoms with Crippen molar-refractivity contribution in [3.8, 4) is 11.4 Å². The number of aromatic nitrogens is 3. The molecule has 1 aromatic carbocycles. The molecule has 0 radical (unpaired) electrons. The third-order valence-corrected chi connectivity index (χ3v) is 3.90. The number of halogens is 1. The number of rotatable bonds is 4. The molecular weight excluding hydrogens is 324 g/mol. The maximum Gasteiger partial charge on any atom is 0.311 e. The van der Waals surface area contributed by atoms with Crippen LogP contribution in [0.15, 0.2) is 40.6 Å². The van der Waals surface area contributed by atoms with E-state index in [0.29, 0.717) is 18.2 Å². The molecule has 1 aliphatic heterocycles. The summed E-state index contributed by atoms with van der Waals surface area (Å²) in [7, 11) is 0. The lowest BCUT2D eigenvalue weighted by Gasteiger charge is -2.13. The maximum absolute atomic E-state index is 11.6. The van der Waals surface area contributed by atoms with Crippen molar-refractivity contribution >= 4 is 35.8 Å². The number of thioether (sulfide) groups is 1. The Morgan fingerprint density at radius 1 is 1.32 bits per heavy atom. The Kier molecular flexibility index (Phi) is 5.57. The van der Waals surface area contributed by atoms with Gasteiger partial charge in [-0.25, -0.2) is 0 Å². The number of benzene rings is 1. The number of hydrogen-bond donors (Lipinski definition) is 0. The van der Waals surface area contributed by atoms with E-state index in [1.807, 2.05) is 30.3 Å². The topological polar surface area (TPSA) is 69.4 Å². The van der Waals surface area contributed by atoms with Gasteiger partial charge in [-0.2, -0.15) is 9.78 Å². The summed E-state index contributed by atoms with van der Waals surface area (Å²) >= 11 is 1.52. The molecule has 0 saturated heterocycles. The predicted molar refractivity (Wildman–Crippen MR) is 87.5 cm³/mol. The largest absolute Gasteiger partial charge is 0.466 e. The molecule has 0 aliphatic carbocycles. The average Bonchev–Trinajstić information content (AvgIpc) is 2.91. The van der Waals surface area contributed by atoms with Crippen molar-refractivity contribution in [1.82, 2.24) is 14.9 Å². The number of fused-ring (bicyclic) bond motifs is 1. The first-order valence-corrected chi connectivity index (χ1v) is 7.62. The van der Waals surface area contributed by atoms with E-state index < -0.39 is 0 Å². The van der Waals surface area contributed by atoms with Gasteiger partial charge in [0, 0.05) is 11.3 Å². The molecule has 0 bridgehead atoms. The standard InChI is InChI=1S/C14H14N4O2S.ClH/c1-2-20-12(19)8-11-9-21-14-16-15-13(18(14)17-11)10-6-4-3-5-7-10;/h3-7H,2,8-9H2,1H3;1H. The quantitative estimate of drug-likeness (QED) is 0.801. The third-order valence-electron chi connectivity index (χ3n) is 2.91. The van der Waals surface area contributed by atoms with Crippen molar-refractivity contribution in [2.45, 2.75) is 18.5 Å². The molecule has 1 aromatic heterocycles. The van der Waals surface area contributed by atoms with Crippen LogP contribution in [0, 0.1) is 0 Å². The van der Waals surface area contributed by atoms with Crippen LogP contribution in [0.1, 0.15) is 13.3 Å². The van der Waals surface area contributed by atoms with Crippen molar-refractivity contribution in [2.24, 2.45) is 5.10 Å². The van der Waals surface area contributed by atoms with Gasteiger partial charge in [-0.15, -0.1) is 22.6 Å². The van der Waals surface area contributed by atoms with Gasteiger partial charge in [0.2, 0.25) is 5.16 Å². The van der Waals surface area contributed by atoms with E-state index in [1.165, 1.54) is 11.8 Å². The van der Waals surface area contributed by atoms with Crippen LogP contribution in [0.5, 0.6) is 0 Å². The molecule has 3 rings (SSSR count). The lowest BCUT2D eigenvalue weighted by Crippen LogP contribution is -2.18. The molecule has 8 heteroatoms. The highest BCUT2D eigenvalue weighted by molar-refractivity contribution is 7.99. The molecule has 0 N–H and O–H groups in total. The first-order valence-electron chi connectivity index (χ1n) is 6.64. The van der Waals surface area contributed by atoms with Crippen LogP contribution in [-0.4, -0.2) is 38.9 Å². The van der Waals surface area contributed by atoms with E-state index in [1.54, 1.807) is 11.6 Å². The number of ether oxygens (including phenoxy) is 1. The third kappa shape index (κ3) is 3.48. The molecule has 6 nitrogen and oxygen atoms in total. The van der Waals surface area contributed by atoms with Crippen LogP contribution in [0.25, 0.3) is 11.4 Å². The van der Waals surface area contributed by atoms with Gasteiger partial charge in [0.05, 0.1) is 18.7 Å². The smallest absolute Gasteiger partial charge is 0.311 e. The molecule has 0 spiro atoms. The van der Waals surface area contributed by atoms with Crippen molar-refractivity contribution in [3.63, 3.8) is 0 Å². The fourth-order valence-corrected chi connectivity index (χ4v) is 2.80. The van der Waals surface area contributed by atoms with Gasteiger partial charge in [-0.3, -0.25) is 4.79 Å². The van der Waals surface area contributed by atoms with Crippen LogP contribution in [0.3, 0.4) is 0 Å². The first kappa shape index (κ1) is 16.5. The van der Waals surface area contributed by atoms with E-state index in [9.17, 15) is 4.79 Å². The number of carbonyl (C=O) groups excluding carboxylic acids is 1. The van der Waals surface area contributed by atoms with E-state index in [-0.39, 0.29) is 24.8 Å². The zero-order valence-electron chi connectivity index (χ0n) is 11.9. The minimum absolute atomic E-state index is 0. The molecule has 0 amide bonds. The molecule has 0 fully saturated rings. The zero-order valence-corrected chi connectivity index (χ0v) is 13.6. The first-order chi connectivity index (χ1) is 10.3. The highest BCUT2D eigenvalue weighted by atomic mass is 35.5. The molecule has 0 saturated carbocycles. The predicted octanol–water partition coefficient (Wildman–Crippen LogP) is 2.63. The van der Waals surface area contributed by atoms with Crippen LogP contribution in [0.4, 0.5) is 0 Å². The van der Waals surface area contributed by atoms with Gasteiger partial charge >= 0.3 is 5.97 Å². The van der Waals surface area contributed by atoms with Crippen molar-refractivity contribution in [3.05, 3.63) is 30.3 Å². The summed E-state index contributed by atoms with van der Waals surface area (Å²) in [6.45, 7) is 2.17. The van der Waals surface area contributed by atoms with Crippen LogP contribution < -0.4 is 0 Å². The Hall–Kier alpha value is -1.86. The summed E-state index contributed by atoms with van der Waals surface area (Å²) < 4.78 is 6.65. The molecule has 0 atom stereocenters. The van der Waals surface area contributed by atoms with Crippen molar-refractivity contribution < 1.29 is 9.53 Å². The van der Waals surface area contributed by atoms with Gasteiger partial charge < -0.3 is 4.74 Å². The Bertz CT molecular complexity index is 687. The molecule has 0 unspecified atom stereocenters. The molecule has 1 aliphatic rings. The second-order valence-electron chi connectivity index (χ2n) is 4.42. The summed E-state index contributed by atoms with van der Waals surface area (Å²) in [4.78, 5) is 11.6. The minimum Gasteiger partial charge on any atom is -0.466 e. The zero-order chi connectivity index (χ0) is 14.7. The summed E-state index contributed by atoms with van der Waals surface area (Å²) in [6.07, 6.45) is 0.201. The molecule has 116 valence electrons. The Balaban J connectivity index is 0.00000176. The highest BCUT2D eigenvalue weighted by Gasteiger charge is 2.21. The maximum atomic E-state index is 11.6. The lowest BCUT2D eigenvalue weighted by molar-refractivity contribution is -0.141. The molecule has 2 heterocycles. The van der Waals surface area contributed by atoms with Gasteiger partial charge in [0.1, 0.15) is 0 Å². The number of carbonyl (C=O) groups is 1. The Labute approximate surface area is 138 Å². The lowest BCUT2D eigenvalue weighted by atomic mass is 10.2. The SMILES string of the molecule is CCOC(=O)CC1=Nn2c(nnc2-c2ccccc2)SC1.Cl. The minimum atomic E-state index is -0.255. The number of hydrogen-bond acceptors (Lipinski definition) is 6. The van der Waals surface area contributed by atoms with Crippen LogP contribution in [0.2, 0.25) is 0 Å². The highest BCUT2D eigenvalue weighted by Crippen LogP contribution is 2.27. The van der Waals surface area contributed by atoms with Crippen LogP contribution in [-0.2, 0) is 9.53 Å². The Morgan fingerprint density at radius 3 is 2.82 bits per heavy atom. The molecule has 2 aromatic rings. The summed E-state index contributed by atoms with van der Waals surface area (Å²) in [5.74, 6) is 1.06. The van der Waals surface area contributed by atoms with E-state index in [0.717, 1.165) is 16.4 Å². The summed E-state index contributed by atoms with van der Waals surface area (Å²) in [5, 5.41) is 13.6. The monoisotopic (exact) mass is 338 g/mol. The average molecular weight is 339 g/mol. The fraction of sp³-hybridized carbons (Fsp3) is 0.286. The van der Waals surface area contributed by atoms with Gasteiger partial charge in [-0.05, 0) is 6.92 Å². The summed E-state index contributed by atoms with van der Waals surface area (Å²) in [6, 6.07) is 9.74. The molecule has 22 heavy (non-hydrogen) atoms. The fourth-order valence-electron chi connectivity index (χ4n) is 2.00. The summed E-state index contributed by atoms with van der Waals surface area (Å²) in [5.41, 5.74) is 1.71. The van der Waals surface area contributed by atoms with E-state index in [4.69, 9.17) is 4.74 Å². The van der Waals surface area contributed by atoms with Gasteiger partial charge in [0.15, 0.2) is 5.82 Å². The van der Waals surface area contributed by atoms with E-state index >= 15 is 0 Å². The van der Waals surface area contributed by atoms with E-state index in [2.05, 4.69) is 15.3 Å². The second-order valence-corrected chi connectivity index (χ2v) is 5.36. The van der Waals surface area contributed by atoms with Crippen LogP contribution >= 0.6 is 24.2 Å². The normalized spacial score (nSPS) is 12.9. The van der Waals surface area contributed by atoms with Gasteiger partial charge in [0.25, 0.3) is 0 Å². The number of esters is 1. The Morgan fingerprint density at radius 2 is 2.09 bits per heavy atom. The second kappa shape index (κ2) is 7.42. The molecular formula is C14H15ClN4O2S. The number of nitrogens with zero attached hydrogens (tertiary/aromatic N) is 4.